The zero-order chi connectivity index (χ0) is 11.4. The minimum atomic E-state index is 0.564. The van der Waals surface area contributed by atoms with Gasteiger partial charge in [0.25, 0.3) is 0 Å². The molecular formula is C13H21N3. The predicted molar refractivity (Wildman–Crippen MR) is 66.1 cm³/mol. The molecule has 0 amide bonds. The van der Waals surface area contributed by atoms with Crippen LogP contribution in [0.15, 0.2) is 18.5 Å². The molecule has 1 fully saturated rings. The van der Waals surface area contributed by atoms with E-state index in [1.165, 1.54) is 36.9 Å². The summed E-state index contributed by atoms with van der Waals surface area (Å²) in [4.78, 5) is 6.74. The van der Waals surface area contributed by atoms with Gasteiger partial charge in [0, 0.05) is 31.5 Å². The van der Waals surface area contributed by atoms with E-state index in [0.717, 1.165) is 13.1 Å². The van der Waals surface area contributed by atoms with E-state index in [1.807, 2.05) is 12.4 Å². The number of nitrogens with zero attached hydrogens (tertiary/aromatic N) is 2. The van der Waals surface area contributed by atoms with Crippen molar-refractivity contribution in [2.45, 2.75) is 38.8 Å². The first kappa shape index (κ1) is 11.6. The van der Waals surface area contributed by atoms with Crippen molar-refractivity contribution in [1.29, 1.82) is 0 Å². The van der Waals surface area contributed by atoms with Crippen molar-refractivity contribution in [3.63, 3.8) is 0 Å². The van der Waals surface area contributed by atoms with Crippen LogP contribution in [0, 0.1) is 6.92 Å². The van der Waals surface area contributed by atoms with E-state index in [-0.39, 0.29) is 0 Å². The summed E-state index contributed by atoms with van der Waals surface area (Å²) in [6.07, 6.45) is 7.74. The van der Waals surface area contributed by atoms with E-state index in [0.29, 0.717) is 6.04 Å². The Hall–Kier alpha value is -0.930. The topological polar surface area (TPSA) is 42.2 Å². The second-order valence-corrected chi connectivity index (χ2v) is 4.73. The molecule has 1 aromatic heterocycles. The maximum absolute atomic E-state index is 5.82. The molecule has 2 heterocycles. The average Bonchev–Trinajstić information content (AvgIpc) is 2.30. The van der Waals surface area contributed by atoms with Gasteiger partial charge in [-0.3, -0.25) is 9.88 Å². The first-order valence-electron chi connectivity index (χ1n) is 6.14. The monoisotopic (exact) mass is 219 g/mol. The quantitative estimate of drug-likeness (QED) is 0.841. The van der Waals surface area contributed by atoms with Gasteiger partial charge >= 0.3 is 0 Å². The molecular weight excluding hydrogens is 198 g/mol. The number of aryl methyl sites for hydroxylation is 1. The summed E-state index contributed by atoms with van der Waals surface area (Å²) in [5, 5.41) is 0. The smallest absolute Gasteiger partial charge is 0.0313 e. The van der Waals surface area contributed by atoms with Crippen molar-refractivity contribution >= 4 is 0 Å². The molecule has 88 valence electrons. The Morgan fingerprint density at radius 3 is 3.06 bits per heavy atom. The van der Waals surface area contributed by atoms with E-state index in [9.17, 15) is 0 Å². The van der Waals surface area contributed by atoms with Gasteiger partial charge in [-0.2, -0.15) is 0 Å². The van der Waals surface area contributed by atoms with Crippen LogP contribution in [0.25, 0.3) is 0 Å². The molecule has 1 aliphatic heterocycles. The minimum Gasteiger partial charge on any atom is -0.329 e. The van der Waals surface area contributed by atoms with Gasteiger partial charge in [0.05, 0.1) is 0 Å². The first-order valence-corrected chi connectivity index (χ1v) is 6.14. The van der Waals surface area contributed by atoms with Crippen LogP contribution in [-0.2, 0) is 6.54 Å². The minimum absolute atomic E-state index is 0.564. The fourth-order valence-electron chi connectivity index (χ4n) is 2.47. The highest BCUT2D eigenvalue weighted by atomic mass is 15.2. The largest absolute Gasteiger partial charge is 0.329 e. The average molecular weight is 219 g/mol. The summed E-state index contributed by atoms with van der Waals surface area (Å²) in [7, 11) is 0. The van der Waals surface area contributed by atoms with Crippen molar-refractivity contribution in [2.24, 2.45) is 5.73 Å². The Labute approximate surface area is 97.7 Å². The van der Waals surface area contributed by atoms with Crippen molar-refractivity contribution in [3.05, 3.63) is 29.6 Å². The number of piperidine rings is 1. The number of pyridine rings is 1. The van der Waals surface area contributed by atoms with E-state index in [1.54, 1.807) is 0 Å². The summed E-state index contributed by atoms with van der Waals surface area (Å²) in [6, 6.07) is 2.78. The summed E-state index contributed by atoms with van der Waals surface area (Å²) in [6.45, 7) is 5.04. The fourth-order valence-corrected chi connectivity index (χ4v) is 2.47. The van der Waals surface area contributed by atoms with E-state index >= 15 is 0 Å². The molecule has 1 aliphatic rings. The second-order valence-electron chi connectivity index (χ2n) is 4.73. The first-order chi connectivity index (χ1) is 7.79. The third-order valence-electron chi connectivity index (χ3n) is 3.34. The highest BCUT2D eigenvalue weighted by Gasteiger charge is 2.20. The molecule has 0 saturated carbocycles. The van der Waals surface area contributed by atoms with E-state index in [4.69, 9.17) is 5.73 Å². The molecule has 2 rings (SSSR count). The molecule has 1 atom stereocenters. The molecule has 0 spiro atoms. The van der Waals surface area contributed by atoms with Crippen LogP contribution < -0.4 is 5.73 Å². The summed E-state index contributed by atoms with van der Waals surface area (Å²) >= 11 is 0. The maximum Gasteiger partial charge on any atom is 0.0313 e. The van der Waals surface area contributed by atoms with Crippen LogP contribution in [-0.4, -0.2) is 29.0 Å². The van der Waals surface area contributed by atoms with Crippen molar-refractivity contribution in [1.82, 2.24) is 9.88 Å². The molecule has 0 aromatic carbocycles. The van der Waals surface area contributed by atoms with Crippen LogP contribution in [0.2, 0.25) is 0 Å². The van der Waals surface area contributed by atoms with E-state index in [2.05, 4.69) is 22.9 Å². The molecule has 2 N–H and O–H groups in total. The van der Waals surface area contributed by atoms with E-state index < -0.39 is 0 Å². The summed E-state index contributed by atoms with van der Waals surface area (Å²) in [5.41, 5.74) is 8.36. The highest BCUT2D eigenvalue weighted by molar-refractivity contribution is 5.16. The Morgan fingerprint density at radius 2 is 2.31 bits per heavy atom. The highest BCUT2D eigenvalue weighted by Crippen LogP contribution is 2.18. The predicted octanol–water partition coefficient (Wildman–Crippen LogP) is 1.70. The standard InChI is InChI=1S/C13H21N3/c1-11-6-12(9-15-8-11)10-16-5-3-2-4-13(16)7-14/h6,8-9,13H,2-5,7,10,14H2,1H3. The van der Waals surface area contributed by atoms with Gasteiger partial charge in [-0.05, 0) is 37.4 Å². The van der Waals surface area contributed by atoms with Gasteiger partial charge in [0.1, 0.15) is 0 Å². The van der Waals surface area contributed by atoms with Crippen LogP contribution in [0.3, 0.4) is 0 Å². The lowest BCUT2D eigenvalue weighted by molar-refractivity contribution is 0.144. The molecule has 1 unspecified atom stereocenters. The van der Waals surface area contributed by atoms with Crippen molar-refractivity contribution < 1.29 is 0 Å². The van der Waals surface area contributed by atoms with Gasteiger partial charge < -0.3 is 5.73 Å². The third kappa shape index (κ3) is 2.80. The van der Waals surface area contributed by atoms with Crippen molar-refractivity contribution in [2.75, 3.05) is 13.1 Å². The van der Waals surface area contributed by atoms with Gasteiger partial charge in [0.15, 0.2) is 0 Å². The van der Waals surface area contributed by atoms with Gasteiger partial charge in [-0.25, -0.2) is 0 Å². The molecule has 0 radical (unpaired) electrons. The third-order valence-corrected chi connectivity index (χ3v) is 3.34. The maximum atomic E-state index is 5.82. The molecule has 3 nitrogen and oxygen atoms in total. The van der Waals surface area contributed by atoms with Crippen LogP contribution in [0.4, 0.5) is 0 Å². The lowest BCUT2D eigenvalue weighted by Crippen LogP contribution is -2.43. The number of aromatic nitrogens is 1. The summed E-state index contributed by atoms with van der Waals surface area (Å²) in [5.74, 6) is 0. The molecule has 1 aromatic rings. The summed E-state index contributed by atoms with van der Waals surface area (Å²) < 4.78 is 0. The number of rotatable bonds is 3. The Morgan fingerprint density at radius 1 is 1.44 bits per heavy atom. The molecule has 0 aliphatic carbocycles. The zero-order valence-corrected chi connectivity index (χ0v) is 10.0. The molecule has 16 heavy (non-hydrogen) atoms. The number of hydrogen-bond donors (Lipinski definition) is 1. The van der Waals surface area contributed by atoms with Crippen LogP contribution in [0.1, 0.15) is 30.4 Å². The van der Waals surface area contributed by atoms with Crippen LogP contribution >= 0.6 is 0 Å². The Bertz CT molecular complexity index is 338. The van der Waals surface area contributed by atoms with Crippen molar-refractivity contribution in [3.8, 4) is 0 Å². The molecule has 3 heteroatoms. The normalized spacial score (nSPS) is 22.2. The number of hydrogen-bond acceptors (Lipinski definition) is 3. The lowest BCUT2D eigenvalue weighted by atomic mass is 10.0. The number of likely N-dealkylation sites (tertiary alicyclic amines) is 1. The Kier molecular flexibility index (Phi) is 3.91. The SMILES string of the molecule is Cc1cncc(CN2CCCCC2CN)c1. The zero-order valence-electron chi connectivity index (χ0n) is 10.0. The van der Waals surface area contributed by atoms with Crippen LogP contribution in [0.5, 0.6) is 0 Å². The fraction of sp³-hybridized carbons (Fsp3) is 0.615. The van der Waals surface area contributed by atoms with Gasteiger partial charge in [-0.15, -0.1) is 0 Å². The Balaban J connectivity index is 2.02. The molecule has 0 bridgehead atoms. The number of nitrogens with two attached hydrogens (primary N) is 1. The second kappa shape index (κ2) is 5.41. The lowest BCUT2D eigenvalue weighted by Gasteiger charge is -2.34. The van der Waals surface area contributed by atoms with Gasteiger partial charge in [0.2, 0.25) is 0 Å². The molecule has 1 saturated heterocycles. The van der Waals surface area contributed by atoms with Gasteiger partial charge in [-0.1, -0.05) is 12.5 Å².